The third kappa shape index (κ3) is 3.87. The van der Waals surface area contributed by atoms with Gasteiger partial charge in [-0.3, -0.25) is 4.18 Å². The SMILES string of the molecule is CCC1(CC)Oc2ccc(Cl)cc2[C@@H](COS(N)(=O)=O)O1. The molecule has 0 spiro atoms. The molecule has 0 saturated carbocycles. The lowest BCUT2D eigenvalue weighted by atomic mass is 10.0. The van der Waals surface area contributed by atoms with Gasteiger partial charge in [0, 0.05) is 23.4 Å². The summed E-state index contributed by atoms with van der Waals surface area (Å²) < 4.78 is 38.5. The molecule has 1 atom stereocenters. The first-order valence-corrected chi connectivity index (χ1v) is 8.47. The van der Waals surface area contributed by atoms with Crippen molar-refractivity contribution in [2.75, 3.05) is 6.61 Å². The Morgan fingerprint density at radius 2 is 2.05 bits per heavy atom. The monoisotopic (exact) mass is 335 g/mol. The van der Waals surface area contributed by atoms with E-state index in [2.05, 4.69) is 4.18 Å². The molecule has 118 valence electrons. The van der Waals surface area contributed by atoms with Crippen LogP contribution in [-0.4, -0.2) is 20.8 Å². The fraction of sp³-hybridized carbons (Fsp3) is 0.538. The summed E-state index contributed by atoms with van der Waals surface area (Å²) in [4.78, 5) is 0. The number of ether oxygens (including phenoxy) is 2. The fourth-order valence-corrected chi connectivity index (χ4v) is 2.75. The number of hydrogen-bond acceptors (Lipinski definition) is 5. The van der Waals surface area contributed by atoms with Crippen LogP contribution in [0.3, 0.4) is 0 Å². The van der Waals surface area contributed by atoms with Gasteiger partial charge >= 0.3 is 10.3 Å². The number of halogens is 1. The molecule has 6 nitrogen and oxygen atoms in total. The summed E-state index contributed by atoms with van der Waals surface area (Å²) in [7, 11) is -4.04. The third-order valence-electron chi connectivity index (χ3n) is 3.43. The Balaban J connectivity index is 2.35. The van der Waals surface area contributed by atoms with Crippen LogP contribution < -0.4 is 9.88 Å². The van der Waals surface area contributed by atoms with Crippen LogP contribution in [0.25, 0.3) is 0 Å². The van der Waals surface area contributed by atoms with Crippen molar-refractivity contribution in [2.45, 2.75) is 38.6 Å². The van der Waals surface area contributed by atoms with Crippen molar-refractivity contribution in [1.82, 2.24) is 0 Å². The first kappa shape index (κ1) is 16.5. The molecule has 21 heavy (non-hydrogen) atoms. The number of benzene rings is 1. The molecule has 1 heterocycles. The highest BCUT2D eigenvalue weighted by Gasteiger charge is 2.40. The minimum Gasteiger partial charge on any atom is -0.462 e. The van der Waals surface area contributed by atoms with Gasteiger partial charge in [-0.05, 0) is 18.2 Å². The quantitative estimate of drug-likeness (QED) is 0.893. The van der Waals surface area contributed by atoms with Crippen LogP contribution >= 0.6 is 11.6 Å². The molecule has 0 amide bonds. The first-order valence-electron chi connectivity index (χ1n) is 6.62. The van der Waals surface area contributed by atoms with Crippen LogP contribution in [0, 0.1) is 0 Å². The van der Waals surface area contributed by atoms with E-state index in [9.17, 15) is 8.42 Å². The van der Waals surface area contributed by atoms with Crippen LogP contribution in [0.5, 0.6) is 5.75 Å². The van der Waals surface area contributed by atoms with E-state index < -0.39 is 22.2 Å². The van der Waals surface area contributed by atoms with E-state index in [1.165, 1.54) is 0 Å². The van der Waals surface area contributed by atoms with Crippen molar-refractivity contribution in [3.8, 4) is 5.75 Å². The predicted molar refractivity (Wildman–Crippen MR) is 78.3 cm³/mol. The fourth-order valence-electron chi connectivity index (χ4n) is 2.25. The minimum atomic E-state index is -4.04. The van der Waals surface area contributed by atoms with Crippen molar-refractivity contribution in [3.63, 3.8) is 0 Å². The zero-order chi connectivity index (χ0) is 15.7. The Bertz CT molecular complexity index is 615. The molecule has 1 aliphatic heterocycles. The van der Waals surface area contributed by atoms with E-state index in [0.29, 0.717) is 29.2 Å². The van der Waals surface area contributed by atoms with E-state index in [1.807, 2.05) is 13.8 Å². The van der Waals surface area contributed by atoms with Gasteiger partial charge in [-0.15, -0.1) is 0 Å². The van der Waals surface area contributed by atoms with E-state index in [0.717, 1.165) is 0 Å². The topological polar surface area (TPSA) is 87.9 Å². The number of hydrogen-bond donors (Lipinski definition) is 1. The molecule has 2 N–H and O–H groups in total. The van der Waals surface area contributed by atoms with Gasteiger partial charge in [0.1, 0.15) is 11.9 Å². The van der Waals surface area contributed by atoms with E-state index in [1.54, 1.807) is 18.2 Å². The molecule has 1 aliphatic rings. The Morgan fingerprint density at radius 3 is 2.62 bits per heavy atom. The van der Waals surface area contributed by atoms with Gasteiger partial charge in [0.25, 0.3) is 0 Å². The highest BCUT2D eigenvalue weighted by Crippen LogP contribution is 2.42. The van der Waals surface area contributed by atoms with Crippen LogP contribution in [0.15, 0.2) is 18.2 Å². The van der Waals surface area contributed by atoms with Gasteiger partial charge in [0.15, 0.2) is 0 Å². The summed E-state index contributed by atoms with van der Waals surface area (Å²) in [6, 6.07) is 5.12. The molecular weight excluding hydrogens is 318 g/mol. The number of fused-ring (bicyclic) bond motifs is 1. The van der Waals surface area contributed by atoms with Gasteiger partial charge < -0.3 is 9.47 Å². The number of rotatable bonds is 5. The van der Waals surface area contributed by atoms with Crippen LogP contribution in [0.4, 0.5) is 0 Å². The molecule has 1 aromatic rings. The molecule has 8 heteroatoms. The molecule has 1 aromatic carbocycles. The molecule has 0 aliphatic carbocycles. The summed E-state index contributed by atoms with van der Waals surface area (Å²) >= 11 is 5.98. The van der Waals surface area contributed by atoms with Crippen LogP contribution in [-0.2, 0) is 19.2 Å². The largest absolute Gasteiger partial charge is 0.462 e. The highest BCUT2D eigenvalue weighted by molar-refractivity contribution is 7.84. The predicted octanol–water partition coefficient (Wildman–Crippen LogP) is 2.53. The van der Waals surface area contributed by atoms with Crippen molar-refractivity contribution < 1.29 is 22.1 Å². The zero-order valence-corrected chi connectivity index (χ0v) is 13.4. The molecule has 0 saturated heterocycles. The minimum absolute atomic E-state index is 0.225. The second-order valence-corrected chi connectivity index (χ2v) is 6.44. The Kier molecular flexibility index (Phi) is 4.79. The standard InChI is InChI=1S/C13H18ClNO5S/c1-3-13(4-2)19-11-6-5-9(14)7-10(11)12(20-13)8-18-21(15,16)17/h5-7,12H,3-4,8H2,1-2H3,(H2,15,16,17)/t12-/m1/s1. The number of nitrogens with two attached hydrogens (primary N) is 1. The average Bonchev–Trinajstić information content (AvgIpc) is 2.44. The Labute approximate surface area is 129 Å². The van der Waals surface area contributed by atoms with E-state index in [4.69, 9.17) is 26.2 Å². The zero-order valence-electron chi connectivity index (χ0n) is 11.8. The molecule has 2 rings (SSSR count). The lowest BCUT2D eigenvalue weighted by Crippen LogP contribution is -2.43. The second-order valence-electron chi connectivity index (χ2n) is 4.79. The lowest BCUT2D eigenvalue weighted by molar-refractivity contribution is -0.238. The van der Waals surface area contributed by atoms with E-state index in [-0.39, 0.29) is 6.61 Å². The molecule has 0 radical (unpaired) electrons. The molecule has 0 bridgehead atoms. The molecular formula is C13H18ClNO5S. The van der Waals surface area contributed by atoms with Crippen molar-refractivity contribution in [1.29, 1.82) is 0 Å². The Morgan fingerprint density at radius 1 is 1.38 bits per heavy atom. The van der Waals surface area contributed by atoms with Crippen LogP contribution in [0.2, 0.25) is 5.02 Å². The molecule has 0 fully saturated rings. The normalized spacial score (nSPS) is 20.7. The molecule has 0 aromatic heterocycles. The van der Waals surface area contributed by atoms with Crippen molar-refractivity contribution in [3.05, 3.63) is 28.8 Å². The van der Waals surface area contributed by atoms with Gasteiger partial charge in [-0.25, -0.2) is 5.14 Å². The maximum Gasteiger partial charge on any atom is 0.333 e. The maximum absolute atomic E-state index is 11.0. The molecule has 0 unspecified atom stereocenters. The van der Waals surface area contributed by atoms with Gasteiger partial charge in [-0.1, -0.05) is 25.4 Å². The van der Waals surface area contributed by atoms with E-state index >= 15 is 0 Å². The van der Waals surface area contributed by atoms with Gasteiger partial charge in [0.2, 0.25) is 5.79 Å². The van der Waals surface area contributed by atoms with Gasteiger partial charge in [0.05, 0.1) is 6.61 Å². The van der Waals surface area contributed by atoms with Crippen molar-refractivity contribution in [2.24, 2.45) is 5.14 Å². The summed E-state index contributed by atoms with van der Waals surface area (Å²) in [5.41, 5.74) is 0.642. The van der Waals surface area contributed by atoms with Gasteiger partial charge in [-0.2, -0.15) is 8.42 Å². The summed E-state index contributed by atoms with van der Waals surface area (Å²) in [5.74, 6) is -0.204. The van der Waals surface area contributed by atoms with Crippen LogP contribution in [0.1, 0.15) is 38.4 Å². The average molecular weight is 336 g/mol. The lowest BCUT2D eigenvalue weighted by Gasteiger charge is -2.41. The first-order chi connectivity index (χ1) is 9.78. The highest BCUT2D eigenvalue weighted by atomic mass is 35.5. The third-order valence-corrected chi connectivity index (χ3v) is 4.13. The maximum atomic E-state index is 11.0. The summed E-state index contributed by atoms with van der Waals surface area (Å²) in [6.45, 7) is 3.64. The van der Waals surface area contributed by atoms with Crippen molar-refractivity contribution >= 4 is 21.9 Å². The Hall–Kier alpha value is -0.860. The smallest absolute Gasteiger partial charge is 0.333 e. The summed E-state index contributed by atoms with van der Waals surface area (Å²) in [6.07, 6.45) is 0.597. The summed E-state index contributed by atoms with van der Waals surface area (Å²) in [5, 5.41) is 5.37. The second kappa shape index (κ2) is 6.10.